The summed E-state index contributed by atoms with van der Waals surface area (Å²) in [6, 6.07) is 0.614. The molecule has 0 saturated carbocycles. The van der Waals surface area contributed by atoms with Gasteiger partial charge in [0.15, 0.2) is 0 Å². The van der Waals surface area contributed by atoms with Crippen LogP contribution in [0.5, 0.6) is 0 Å². The van der Waals surface area contributed by atoms with Gasteiger partial charge < -0.3 is 5.32 Å². The van der Waals surface area contributed by atoms with E-state index in [4.69, 9.17) is 0 Å². The Morgan fingerprint density at radius 1 is 1.70 bits per heavy atom. The van der Waals surface area contributed by atoms with Gasteiger partial charge in [0.2, 0.25) is 0 Å². The summed E-state index contributed by atoms with van der Waals surface area (Å²) in [5.74, 6) is 2.41. The lowest BCUT2D eigenvalue weighted by atomic mass is 10.4. The second-order valence-electron chi connectivity index (χ2n) is 2.26. The van der Waals surface area contributed by atoms with Crippen molar-refractivity contribution in [3.8, 4) is 0 Å². The van der Waals surface area contributed by atoms with E-state index < -0.39 is 0 Å². The third-order valence-corrected chi connectivity index (χ3v) is 2.33. The molecule has 1 N–H and O–H groups in total. The summed E-state index contributed by atoms with van der Waals surface area (Å²) in [6.07, 6.45) is 1.90. The van der Waals surface area contributed by atoms with Gasteiger partial charge in [-0.2, -0.15) is 11.8 Å². The predicted octanol–water partition coefficient (Wildman–Crippen LogP) is 1.90. The number of thioether (sulfide) groups is 1. The predicted molar refractivity (Wildman–Crippen MR) is 50.7 cm³/mol. The Morgan fingerprint density at radius 2 is 2.40 bits per heavy atom. The van der Waals surface area contributed by atoms with Crippen molar-refractivity contribution in [3.05, 3.63) is 12.7 Å². The van der Waals surface area contributed by atoms with Crippen LogP contribution >= 0.6 is 11.8 Å². The molecule has 1 nitrogen and oxygen atoms in total. The lowest BCUT2D eigenvalue weighted by molar-refractivity contribution is 0.641. The van der Waals surface area contributed by atoms with Crippen molar-refractivity contribution in [2.24, 2.45) is 0 Å². The number of nitrogens with one attached hydrogen (secondary N) is 1. The summed E-state index contributed by atoms with van der Waals surface area (Å²) in [6.45, 7) is 8.95. The normalized spacial score (nSPS) is 13.0. The Kier molecular flexibility index (Phi) is 7.20. The maximum atomic E-state index is 3.64. The van der Waals surface area contributed by atoms with Crippen molar-refractivity contribution in [2.75, 3.05) is 18.1 Å². The van der Waals surface area contributed by atoms with Gasteiger partial charge in [-0.1, -0.05) is 13.0 Å². The summed E-state index contributed by atoms with van der Waals surface area (Å²) in [5, 5.41) is 3.33. The largest absolute Gasteiger partial charge is 0.310 e. The van der Waals surface area contributed by atoms with Crippen LogP contribution in [-0.4, -0.2) is 24.1 Å². The number of hydrogen-bond acceptors (Lipinski definition) is 2. The summed E-state index contributed by atoms with van der Waals surface area (Å²) in [4.78, 5) is 0. The molecule has 1 atom stereocenters. The van der Waals surface area contributed by atoms with Gasteiger partial charge in [0, 0.05) is 18.3 Å². The van der Waals surface area contributed by atoms with E-state index in [2.05, 4.69) is 25.7 Å². The first-order chi connectivity index (χ1) is 4.81. The first-order valence-corrected chi connectivity index (χ1v) is 4.88. The third kappa shape index (κ3) is 6.17. The highest BCUT2D eigenvalue weighted by Gasteiger charge is 1.96. The second-order valence-corrected chi connectivity index (χ2v) is 3.58. The third-order valence-electron chi connectivity index (χ3n) is 1.18. The standard InChI is InChI=1S/C8H17NS/c1-4-6-9-8(3)7-10-5-2/h4,8-9H,1,5-7H2,2-3H3. The average Bonchev–Trinajstić information content (AvgIpc) is 1.97. The summed E-state index contributed by atoms with van der Waals surface area (Å²) >= 11 is 1.97. The molecule has 0 aliphatic heterocycles. The summed E-state index contributed by atoms with van der Waals surface area (Å²) in [5.41, 5.74) is 0. The average molecular weight is 159 g/mol. The van der Waals surface area contributed by atoms with Crippen molar-refractivity contribution >= 4 is 11.8 Å². The molecule has 0 bridgehead atoms. The second kappa shape index (κ2) is 7.16. The van der Waals surface area contributed by atoms with Crippen molar-refractivity contribution < 1.29 is 0 Å². The van der Waals surface area contributed by atoms with Crippen LogP contribution in [0.3, 0.4) is 0 Å². The zero-order valence-corrected chi connectivity index (χ0v) is 7.71. The van der Waals surface area contributed by atoms with Gasteiger partial charge in [0.25, 0.3) is 0 Å². The fraction of sp³-hybridized carbons (Fsp3) is 0.750. The van der Waals surface area contributed by atoms with E-state index in [0.717, 1.165) is 6.54 Å². The molecule has 0 spiro atoms. The molecule has 60 valence electrons. The molecular weight excluding hydrogens is 142 g/mol. The van der Waals surface area contributed by atoms with E-state index in [-0.39, 0.29) is 0 Å². The van der Waals surface area contributed by atoms with E-state index in [9.17, 15) is 0 Å². The van der Waals surface area contributed by atoms with Gasteiger partial charge in [-0.3, -0.25) is 0 Å². The van der Waals surface area contributed by atoms with Crippen molar-refractivity contribution in [1.29, 1.82) is 0 Å². The maximum Gasteiger partial charge on any atom is 0.0135 e. The minimum absolute atomic E-state index is 0.614. The molecule has 0 rings (SSSR count). The molecule has 0 aromatic rings. The SMILES string of the molecule is C=CCNC(C)CSCC. The minimum Gasteiger partial charge on any atom is -0.310 e. The van der Waals surface area contributed by atoms with Crippen LogP contribution < -0.4 is 5.32 Å². The number of hydrogen-bond donors (Lipinski definition) is 1. The molecule has 0 aromatic heterocycles. The van der Waals surface area contributed by atoms with Crippen LogP contribution in [0.4, 0.5) is 0 Å². The Labute approximate surface area is 68.3 Å². The van der Waals surface area contributed by atoms with Crippen LogP contribution in [0, 0.1) is 0 Å². The molecule has 1 unspecified atom stereocenters. The van der Waals surface area contributed by atoms with Gasteiger partial charge in [-0.05, 0) is 12.7 Å². The van der Waals surface area contributed by atoms with E-state index in [0.29, 0.717) is 6.04 Å². The Bertz CT molecular complexity index is 83.3. The monoisotopic (exact) mass is 159 g/mol. The van der Waals surface area contributed by atoms with Crippen molar-refractivity contribution in [1.82, 2.24) is 5.32 Å². The number of rotatable bonds is 6. The molecule has 0 saturated heterocycles. The Balaban J connectivity index is 3.07. The quantitative estimate of drug-likeness (QED) is 0.594. The topological polar surface area (TPSA) is 12.0 Å². The van der Waals surface area contributed by atoms with E-state index in [1.54, 1.807) is 0 Å². The molecule has 0 fully saturated rings. The molecule has 0 radical (unpaired) electrons. The maximum absolute atomic E-state index is 3.64. The molecule has 0 aliphatic carbocycles. The molecule has 10 heavy (non-hydrogen) atoms. The van der Waals surface area contributed by atoms with Crippen molar-refractivity contribution in [2.45, 2.75) is 19.9 Å². The molecule has 2 heteroatoms. The zero-order valence-electron chi connectivity index (χ0n) is 6.89. The fourth-order valence-electron chi connectivity index (χ4n) is 0.638. The summed E-state index contributed by atoms with van der Waals surface area (Å²) < 4.78 is 0. The van der Waals surface area contributed by atoms with Gasteiger partial charge in [-0.25, -0.2) is 0 Å². The first kappa shape index (κ1) is 10.0. The first-order valence-electron chi connectivity index (χ1n) is 3.73. The molecule has 0 aliphatic rings. The van der Waals surface area contributed by atoms with Gasteiger partial charge in [0.05, 0.1) is 0 Å². The molecule has 0 amide bonds. The van der Waals surface area contributed by atoms with Crippen LogP contribution in [0.15, 0.2) is 12.7 Å². The van der Waals surface area contributed by atoms with Gasteiger partial charge in [0.1, 0.15) is 0 Å². The smallest absolute Gasteiger partial charge is 0.0135 e. The fourth-order valence-corrected chi connectivity index (χ4v) is 1.35. The zero-order chi connectivity index (χ0) is 7.82. The van der Waals surface area contributed by atoms with E-state index in [1.807, 2.05) is 17.8 Å². The molecular formula is C8H17NS. The van der Waals surface area contributed by atoms with E-state index in [1.165, 1.54) is 11.5 Å². The van der Waals surface area contributed by atoms with Gasteiger partial charge >= 0.3 is 0 Å². The lowest BCUT2D eigenvalue weighted by Crippen LogP contribution is -2.28. The van der Waals surface area contributed by atoms with Crippen LogP contribution in [-0.2, 0) is 0 Å². The van der Waals surface area contributed by atoms with E-state index >= 15 is 0 Å². The highest BCUT2D eigenvalue weighted by atomic mass is 32.2. The highest BCUT2D eigenvalue weighted by molar-refractivity contribution is 7.99. The lowest BCUT2D eigenvalue weighted by Gasteiger charge is -2.10. The van der Waals surface area contributed by atoms with Crippen molar-refractivity contribution in [3.63, 3.8) is 0 Å². The summed E-state index contributed by atoms with van der Waals surface area (Å²) in [7, 11) is 0. The Morgan fingerprint density at radius 3 is 2.90 bits per heavy atom. The van der Waals surface area contributed by atoms with Crippen LogP contribution in [0.1, 0.15) is 13.8 Å². The van der Waals surface area contributed by atoms with Crippen LogP contribution in [0.2, 0.25) is 0 Å². The molecule has 0 heterocycles. The highest BCUT2D eigenvalue weighted by Crippen LogP contribution is 2.00. The van der Waals surface area contributed by atoms with Gasteiger partial charge in [-0.15, -0.1) is 6.58 Å². The minimum atomic E-state index is 0.614. The Hall–Kier alpha value is 0.0500. The molecule has 0 aromatic carbocycles. The van der Waals surface area contributed by atoms with Crippen LogP contribution in [0.25, 0.3) is 0 Å².